The van der Waals surface area contributed by atoms with Crippen molar-refractivity contribution in [1.29, 1.82) is 0 Å². The molecular weight excluding hydrogens is 260 g/mol. The van der Waals surface area contributed by atoms with Gasteiger partial charge < -0.3 is 5.73 Å². The average Bonchev–Trinajstić information content (AvgIpc) is 2.38. The Morgan fingerprint density at radius 2 is 1.84 bits per heavy atom. The summed E-state index contributed by atoms with van der Waals surface area (Å²) in [6.45, 7) is 3.33. The van der Waals surface area contributed by atoms with Crippen LogP contribution in [0.15, 0.2) is 47.5 Å². The van der Waals surface area contributed by atoms with E-state index in [0.717, 1.165) is 0 Å². The number of nitrogens with zero attached hydrogens (tertiary/aromatic N) is 1. The Bertz CT molecular complexity index is 694. The Morgan fingerprint density at radius 3 is 2.47 bits per heavy atom. The van der Waals surface area contributed by atoms with Crippen molar-refractivity contribution in [2.75, 3.05) is 5.73 Å². The second kappa shape index (κ2) is 5.01. The molecule has 2 aromatic rings. The molecule has 0 fully saturated rings. The van der Waals surface area contributed by atoms with Crippen LogP contribution < -0.4 is 5.73 Å². The Kier molecular flexibility index (Phi) is 3.57. The maximum absolute atomic E-state index is 12.4. The quantitative estimate of drug-likeness (QED) is 0.934. The van der Waals surface area contributed by atoms with E-state index in [1.807, 2.05) is 0 Å². The third-order valence-electron chi connectivity index (χ3n) is 2.87. The predicted octanol–water partition coefficient (Wildman–Crippen LogP) is 2.51. The van der Waals surface area contributed by atoms with Gasteiger partial charge in [0.2, 0.25) is 0 Å². The number of pyridine rings is 1. The maximum Gasteiger partial charge on any atom is 0.181 e. The summed E-state index contributed by atoms with van der Waals surface area (Å²) < 4.78 is 24.7. The van der Waals surface area contributed by atoms with Crippen molar-refractivity contribution >= 4 is 15.5 Å². The van der Waals surface area contributed by atoms with E-state index in [1.165, 1.54) is 0 Å². The molecule has 0 saturated carbocycles. The lowest BCUT2D eigenvalue weighted by molar-refractivity contribution is 0.587. The first-order valence-corrected chi connectivity index (χ1v) is 7.52. The molecule has 0 radical (unpaired) electrons. The van der Waals surface area contributed by atoms with E-state index >= 15 is 0 Å². The number of hydrogen-bond donors (Lipinski definition) is 1. The molecule has 1 aromatic heterocycles. The Balaban J connectivity index is 2.67. The summed E-state index contributed by atoms with van der Waals surface area (Å²) in [5, 5.41) is -0.477. The van der Waals surface area contributed by atoms with Gasteiger partial charge in [-0.3, -0.25) is 4.98 Å². The molecule has 4 nitrogen and oxygen atoms in total. The minimum atomic E-state index is -3.35. The molecule has 0 bridgehead atoms. The van der Waals surface area contributed by atoms with Gasteiger partial charge in [-0.2, -0.15) is 0 Å². The molecule has 1 aromatic carbocycles. The molecule has 0 aliphatic heterocycles. The predicted molar refractivity (Wildman–Crippen MR) is 76.4 cm³/mol. The lowest BCUT2D eigenvalue weighted by Crippen LogP contribution is -2.15. The average molecular weight is 276 g/mol. The van der Waals surface area contributed by atoms with Crippen LogP contribution in [-0.4, -0.2) is 18.7 Å². The molecule has 0 aliphatic rings. The normalized spacial score (nSPS) is 11.7. The smallest absolute Gasteiger partial charge is 0.181 e. The van der Waals surface area contributed by atoms with Crippen LogP contribution in [0, 0.1) is 0 Å². The Labute approximate surface area is 113 Å². The summed E-state index contributed by atoms with van der Waals surface area (Å²) in [7, 11) is -3.35. The van der Waals surface area contributed by atoms with Crippen molar-refractivity contribution in [2.24, 2.45) is 0 Å². The van der Waals surface area contributed by atoms with Gasteiger partial charge >= 0.3 is 0 Å². The topological polar surface area (TPSA) is 73.0 Å². The zero-order chi connectivity index (χ0) is 14.0. The van der Waals surface area contributed by atoms with E-state index in [4.69, 9.17) is 5.73 Å². The first-order valence-electron chi connectivity index (χ1n) is 5.98. The molecular formula is C14H16N2O2S. The van der Waals surface area contributed by atoms with Crippen molar-refractivity contribution in [3.05, 3.63) is 42.6 Å². The van der Waals surface area contributed by atoms with E-state index in [0.29, 0.717) is 21.8 Å². The minimum absolute atomic E-state index is 0.295. The van der Waals surface area contributed by atoms with Gasteiger partial charge in [0.1, 0.15) is 0 Å². The molecule has 0 saturated heterocycles. The van der Waals surface area contributed by atoms with E-state index in [1.54, 1.807) is 56.4 Å². The van der Waals surface area contributed by atoms with Gasteiger partial charge in [0.05, 0.1) is 15.8 Å². The van der Waals surface area contributed by atoms with Crippen LogP contribution in [0.5, 0.6) is 0 Å². The molecule has 0 amide bonds. The molecule has 0 atom stereocenters. The molecule has 19 heavy (non-hydrogen) atoms. The fourth-order valence-corrected chi connectivity index (χ4v) is 3.03. The third-order valence-corrected chi connectivity index (χ3v) is 5.08. The lowest BCUT2D eigenvalue weighted by Gasteiger charge is -2.12. The zero-order valence-corrected chi connectivity index (χ0v) is 11.7. The highest BCUT2D eigenvalue weighted by Crippen LogP contribution is 2.29. The summed E-state index contributed by atoms with van der Waals surface area (Å²) >= 11 is 0. The number of aromatic nitrogens is 1. The van der Waals surface area contributed by atoms with Gasteiger partial charge in [-0.1, -0.05) is 18.2 Å². The zero-order valence-electron chi connectivity index (χ0n) is 10.9. The monoisotopic (exact) mass is 276 g/mol. The highest BCUT2D eigenvalue weighted by Gasteiger charge is 2.23. The van der Waals surface area contributed by atoms with Crippen LogP contribution in [0.3, 0.4) is 0 Å². The molecule has 1 heterocycles. The first kappa shape index (κ1) is 13.5. The van der Waals surface area contributed by atoms with Gasteiger partial charge in [-0.15, -0.1) is 0 Å². The van der Waals surface area contributed by atoms with Crippen molar-refractivity contribution in [2.45, 2.75) is 24.0 Å². The second-order valence-electron chi connectivity index (χ2n) is 4.56. The van der Waals surface area contributed by atoms with Crippen LogP contribution in [0.4, 0.5) is 5.69 Å². The van der Waals surface area contributed by atoms with Crippen molar-refractivity contribution in [3.63, 3.8) is 0 Å². The van der Waals surface area contributed by atoms with Crippen LogP contribution in [0.2, 0.25) is 0 Å². The highest BCUT2D eigenvalue weighted by atomic mass is 32.2. The van der Waals surface area contributed by atoms with E-state index in [2.05, 4.69) is 4.98 Å². The van der Waals surface area contributed by atoms with Gasteiger partial charge in [-0.05, 0) is 32.0 Å². The van der Waals surface area contributed by atoms with Crippen LogP contribution >= 0.6 is 0 Å². The number of anilines is 1. The number of nitrogen functional groups attached to an aromatic ring is 1. The molecule has 0 spiro atoms. The summed E-state index contributed by atoms with van der Waals surface area (Å²) in [4.78, 5) is 4.49. The van der Waals surface area contributed by atoms with Gasteiger partial charge in [0.25, 0.3) is 0 Å². The Morgan fingerprint density at radius 1 is 1.16 bits per heavy atom. The summed E-state index contributed by atoms with van der Waals surface area (Å²) in [6, 6.07) is 10.2. The number of sulfone groups is 1. The molecule has 5 heteroatoms. The largest absolute Gasteiger partial charge is 0.399 e. The molecule has 2 rings (SSSR count). The molecule has 100 valence electrons. The summed E-state index contributed by atoms with van der Waals surface area (Å²) in [5.74, 6) is 0. The minimum Gasteiger partial charge on any atom is -0.399 e. The van der Waals surface area contributed by atoms with Gasteiger partial charge in [-0.25, -0.2) is 8.42 Å². The van der Waals surface area contributed by atoms with Crippen LogP contribution in [-0.2, 0) is 9.84 Å². The van der Waals surface area contributed by atoms with E-state index in [-0.39, 0.29) is 0 Å². The molecule has 2 N–H and O–H groups in total. The number of rotatable bonds is 3. The fraction of sp³-hybridized carbons (Fsp3) is 0.214. The second-order valence-corrected chi connectivity index (χ2v) is 7.04. The SMILES string of the molecule is CC(C)S(=O)(=O)c1ccccc1-c1cc(N)ccn1. The molecule has 0 aliphatic carbocycles. The van der Waals surface area contributed by atoms with Crippen molar-refractivity contribution in [3.8, 4) is 11.3 Å². The maximum atomic E-state index is 12.4. The first-order chi connectivity index (χ1) is 8.93. The standard InChI is InChI=1S/C14H16N2O2S/c1-10(2)19(17,18)14-6-4-3-5-12(14)13-9-11(15)7-8-16-13/h3-10H,1-2H3,(H2,15,16). The van der Waals surface area contributed by atoms with Crippen LogP contribution in [0.25, 0.3) is 11.3 Å². The van der Waals surface area contributed by atoms with Gasteiger partial charge in [0, 0.05) is 17.4 Å². The van der Waals surface area contributed by atoms with Crippen molar-refractivity contribution < 1.29 is 8.42 Å². The Hall–Kier alpha value is -1.88. The van der Waals surface area contributed by atoms with Crippen LogP contribution in [0.1, 0.15) is 13.8 Å². The van der Waals surface area contributed by atoms with E-state index < -0.39 is 15.1 Å². The summed E-state index contributed by atoms with van der Waals surface area (Å²) in [5.41, 5.74) is 7.44. The number of benzene rings is 1. The lowest BCUT2D eigenvalue weighted by atomic mass is 10.1. The highest BCUT2D eigenvalue weighted by molar-refractivity contribution is 7.92. The van der Waals surface area contributed by atoms with Gasteiger partial charge in [0.15, 0.2) is 9.84 Å². The van der Waals surface area contributed by atoms with Crippen molar-refractivity contribution in [1.82, 2.24) is 4.98 Å². The van der Waals surface area contributed by atoms with E-state index in [9.17, 15) is 8.42 Å². The third kappa shape index (κ3) is 2.61. The fourth-order valence-electron chi connectivity index (χ4n) is 1.77. The number of nitrogens with two attached hydrogens (primary N) is 1. The summed E-state index contributed by atoms with van der Waals surface area (Å²) in [6.07, 6.45) is 1.57. The molecule has 0 unspecified atom stereocenters. The number of hydrogen-bond acceptors (Lipinski definition) is 4.